The van der Waals surface area contributed by atoms with E-state index in [-0.39, 0.29) is 33.3 Å². The summed E-state index contributed by atoms with van der Waals surface area (Å²) in [7, 11) is 0. The van der Waals surface area contributed by atoms with E-state index in [1.807, 2.05) is 0 Å². The van der Waals surface area contributed by atoms with Crippen LogP contribution in [0.1, 0.15) is 0 Å². The maximum atomic E-state index is 8.25. The van der Waals surface area contributed by atoms with Gasteiger partial charge in [0, 0.05) is 22.4 Å². The Morgan fingerprint density at radius 3 is 1.25 bits per heavy atom. The van der Waals surface area contributed by atoms with E-state index in [0.717, 1.165) is 20.4 Å². The SMILES string of the molecule is [O]=[Ti].[SiH3].[Ta]. The van der Waals surface area contributed by atoms with E-state index in [2.05, 4.69) is 0 Å². The van der Waals surface area contributed by atoms with E-state index < -0.39 is 0 Å². The van der Waals surface area contributed by atoms with Crippen molar-refractivity contribution in [1.82, 2.24) is 0 Å². The first kappa shape index (κ1) is 17.9. The van der Waals surface area contributed by atoms with Gasteiger partial charge in [0.15, 0.2) is 0 Å². The van der Waals surface area contributed by atoms with Crippen LogP contribution in [0, 0.1) is 0 Å². The summed E-state index contributed by atoms with van der Waals surface area (Å²) in [4.78, 5) is 0. The molecule has 0 saturated heterocycles. The van der Waals surface area contributed by atoms with Crippen LogP contribution in [0.3, 0.4) is 0 Å². The molecule has 22 valence electrons. The standard InChI is InChI=1S/O.H3Si.Ta.Ti/h;1H3;;. The van der Waals surface area contributed by atoms with Gasteiger partial charge in [-0.3, -0.25) is 0 Å². The summed E-state index contributed by atoms with van der Waals surface area (Å²) in [5.74, 6) is 0. The van der Waals surface area contributed by atoms with Crippen LogP contribution >= 0.6 is 0 Å². The van der Waals surface area contributed by atoms with Crippen molar-refractivity contribution in [2.45, 2.75) is 0 Å². The van der Waals surface area contributed by atoms with Gasteiger partial charge in [0.1, 0.15) is 0 Å². The minimum Gasteiger partial charge on any atom is -0.0125 e. The molecule has 4 heavy (non-hydrogen) atoms. The zero-order valence-corrected chi connectivity index (χ0v) is 9.13. The summed E-state index contributed by atoms with van der Waals surface area (Å²) < 4.78 is 8.25. The molecule has 0 saturated carbocycles. The Balaban J connectivity index is -0.00000000500. The first-order valence-electron chi connectivity index (χ1n) is 0.204. The second-order valence-electron chi connectivity index (χ2n) is 0. The molecule has 0 heterocycles. The van der Waals surface area contributed by atoms with Crippen LogP contribution < -0.4 is 0 Å². The van der Waals surface area contributed by atoms with E-state index in [1.165, 1.54) is 0 Å². The third kappa shape index (κ3) is 9.79. The van der Waals surface area contributed by atoms with Gasteiger partial charge in [-0.25, -0.2) is 0 Å². The first-order valence-corrected chi connectivity index (χ1v) is 0.842. The number of rotatable bonds is 0. The predicted octanol–water partition coefficient (Wildman–Crippen LogP) is -1.31. The first-order chi connectivity index (χ1) is 1.00. The molecule has 0 aromatic carbocycles. The molecule has 0 rings (SSSR count). The van der Waals surface area contributed by atoms with Crippen molar-refractivity contribution < 1.29 is 46.1 Å². The molecule has 0 N–H and O–H groups in total. The van der Waals surface area contributed by atoms with Crippen molar-refractivity contribution in [3.05, 3.63) is 0 Å². The molecule has 0 aliphatic rings. The fourth-order valence-corrected chi connectivity index (χ4v) is 0. The molecule has 0 aromatic heterocycles. The molecule has 0 bridgehead atoms. The van der Waals surface area contributed by atoms with Crippen molar-refractivity contribution in [1.29, 1.82) is 0 Å². The summed E-state index contributed by atoms with van der Waals surface area (Å²) in [6, 6.07) is 0. The molecule has 4 heteroatoms. The second kappa shape index (κ2) is 24.9. The average molecular weight is 276 g/mol. The third-order valence-electron chi connectivity index (χ3n) is 0. The van der Waals surface area contributed by atoms with Gasteiger partial charge in [0.05, 0.1) is 0 Å². The Labute approximate surface area is 56.8 Å². The van der Waals surface area contributed by atoms with Crippen LogP contribution in [0.4, 0.5) is 0 Å². The quantitative estimate of drug-likeness (QED) is 0.502. The molecule has 0 atom stereocenters. The van der Waals surface area contributed by atoms with Crippen LogP contribution in [0.5, 0.6) is 0 Å². The van der Waals surface area contributed by atoms with Gasteiger partial charge in [0.25, 0.3) is 0 Å². The second-order valence-corrected chi connectivity index (χ2v) is 0. The average Bonchev–Trinajstić information content (AvgIpc) is 1.00. The number of hydrogen-bond donors (Lipinski definition) is 0. The van der Waals surface area contributed by atoms with E-state index in [1.54, 1.807) is 0 Å². The Morgan fingerprint density at radius 2 is 1.25 bits per heavy atom. The molecule has 0 amide bonds. The van der Waals surface area contributed by atoms with E-state index >= 15 is 0 Å². The molecule has 0 aliphatic heterocycles. The van der Waals surface area contributed by atoms with Crippen LogP contribution in [-0.4, -0.2) is 11.0 Å². The van der Waals surface area contributed by atoms with Crippen LogP contribution in [-0.2, 0) is 46.1 Å². The van der Waals surface area contributed by atoms with Crippen LogP contribution in [0.2, 0.25) is 0 Å². The Kier molecular flexibility index (Phi) is 111. The molecular formula is H3OSiTaTi. The van der Waals surface area contributed by atoms with Gasteiger partial charge in [-0.2, -0.15) is 0 Å². The van der Waals surface area contributed by atoms with Crippen LogP contribution in [0.25, 0.3) is 0 Å². The van der Waals surface area contributed by atoms with Gasteiger partial charge >= 0.3 is 23.7 Å². The zero-order valence-electron chi connectivity index (χ0n) is 2.36. The summed E-state index contributed by atoms with van der Waals surface area (Å²) in [6.45, 7) is 0. The predicted molar refractivity (Wildman–Crippen MR) is 10.6 cm³/mol. The van der Waals surface area contributed by atoms with E-state index in [0.29, 0.717) is 0 Å². The molecular weight excluding hydrogens is 273 g/mol. The third-order valence-corrected chi connectivity index (χ3v) is 0. The molecule has 1 nitrogen and oxygen atoms in total. The summed E-state index contributed by atoms with van der Waals surface area (Å²) >= 11 is 0.750. The molecule has 0 spiro atoms. The van der Waals surface area contributed by atoms with E-state index in [4.69, 9.17) is 3.32 Å². The summed E-state index contributed by atoms with van der Waals surface area (Å²) in [5, 5.41) is 0. The van der Waals surface area contributed by atoms with Crippen molar-refractivity contribution in [3.63, 3.8) is 0 Å². The smallest absolute Gasteiger partial charge is 0 e. The van der Waals surface area contributed by atoms with Gasteiger partial charge in [-0.1, -0.05) is 0 Å². The van der Waals surface area contributed by atoms with Gasteiger partial charge < -0.3 is 0 Å². The largest absolute Gasteiger partial charge is 0.0125 e. The Morgan fingerprint density at radius 1 is 1.25 bits per heavy atom. The maximum Gasteiger partial charge on any atom is 0 e. The van der Waals surface area contributed by atoms with Gasteiger partial charge in [0.2, 0.25) is 0 Å². The van der Waals surface area contributed by atoms with Crippen molar-refractivity contribution >= 4 is 11.0 Å². The number of hydrogen-bond acceptors (Lipinski definition) is 1. The summed E-state index contributed by atoms with van der Waals surface area (Å²) in [5.41, 5.74) is 0. The van der Waals surface area contributed by atoms with Crippen molar-refractivity contribution in [2.24, 2.45) is 0 Å². The fourth-order valence-electron chi connectivity index (χ4n) is 0. The fraction of sp³-hybridized carbons (Fsp3) is 0. The molecule has 0 fully saturated rings. The minimum atomic E-state index is 0. The monoisotopic (exact) mass is 276 g/mol. The normalized spacial score (nSPS) is 0.750. The topological polar surface area (TPSA) is 17.1 Å². The Hall–Kier alpha value is 1.47. The van der Waals surface area contributed by atoms with E-state index in [9.17, 15) is 0 Å². The maximum absolute atomic E-state index is 8.25. The zero-order chi connectivity index (χ0) is 2.00. The molecule has 0 aromatic rings. The molecule has 0 aliphatic carbocycles. The van der Waals surface area contributed by atoms with Gasteiger partial charge in [-0.05, 0) is 11.0 Å². The van der Waals surface area contributed by atoms with Crippen molar-refractivity contribution in [2.75, 3.05) is 0 Å². The molecule has 2 radical (unpaired) electrons. The molecule has 0 unspecified atom stereocenters. The summed E-state index contributed by atoms with van der Waals surface area (Å²) in [6.07, 6.45) is 0. The van der Waals surface area contributed by atoms with Gasteiger partial charge in [-0.15, -0.1) is 0 Å². The van der Waals surface area contributed by atoms with Crippen molar-refractivity contribution in [3.8, 4) is 0 Å². The minimum absolute atomic E-state index is 0. The Bertz CT molecular complexity index is 8.00. The van der Waals surface area contributed by atoms with Crippen LogP contribution in [0.15, 0.2) is 0 Å².